The van der Waals surface area contributed by atoms with Crippen LogP contribution in [0.5, 0.6) is 5.75 Å². The van der Waals surface area contributed by atoms with Crippen molar-refractivity contribution in [3.63, 3.8) is 0 Å². The van der Waals surface area contributed by atoms with Gasteiger partial charge in [-0.3, -0.25) is 0 Å². The average Bonchev–Trinajstić information content (AvgIpc) is 3.52. The number of aromatic amines is 1. The third kappa shape index (κ3) is 3.79. The van der Waals surface area contributed by atoms with E-state index in [4.69, 9.17) is 25.7 Å². The summed E-state index contributed by atoms with van der Waals surface area (Å²) in [5.41, 5.74) is 4.21. The third-order valence-corrected chi connectivity index (χ3v) is 5.64. The Labute approximate surface area is 193 Å². The summed E-state index contributed by atoms with van der Waals surface area (Å²) in [7, 11) is 0. The summed E-state index contributed by atoms with van der Waals surface area (Å²) in [6, 6.07) is 25.2. The molecule has 33 heavy (non-hydrogen) atoms. The largest absolute Gasteiger partial charge is 0.489 e. The van der Waals surface area contributed by atoms with Gasteiger partial charge in [-0.05, 0) is 52.9 Å². The van der Waals surface area contributed by atoms with Gasteiger partial charge in [0.25, 0.3) is 0 Å². The maximum atomic E-state index is 6.12. The van der Waals surface area contributed by atoms with Crippen LogP contribution in [-0.2, 0) is 6.61 Å². The molecular weight excluding hydrogens is 438 g/mol. The smallest absolute Gasteiger partial charge is 0.179 e. The first-order chi connectivity index (χ1) is 16.2. The highest BCUT2D eigenvalue weighted by molar-refractivity contribution is 6.31. The Morgan fingerprint density at radius 3 is 2.73 bits per heavy atom. The van der Waals surface area contributed by atoms with Gasteiger partial charge in [0.1, 0.15) is 23.6 Å². The Hall–Kier alpha value is -4.23. The molecule has 0 spiro atoms. The molecular formula is C25H16ClN5O2. The minimum atomic E-state index is 0.375. The van der Waals surface area contributed by atoms with Crippen molar-refractivity contribution in [3.8, 4) is 28.6 Å². The van der Waals surface area contributed by atoms with Crippen molar-refractivity contribution in [2.24, 2.45) is 0 Å². The zero-order chi connectivity index (χ0) is 22.2. The van der Waals surface area contributed by atoms with Gasteiger partial charge in [-0.25, -0.2) is 10.1 Å². The lowest BCUT2D eigenvalue weighted by Gasteiger charge is -2.09. The first-order valence-electron chi connectivity index (χ1n) is 10.3. The molecule has 160 valence electrons. The molecule has 0 fully saturated rings. The third-order valence-electron chi connectivity index (χ3n) is 5.41. The van der Waals surface area contributed by atoms with Crippen LogP contribution in [0.4, 0.5) is 0 Å². The number of nitrogens with zero attached hydrogens (tertiary/aromatic N) is 4. The number of pyridine rings is 1. The van der Waals surface area contributed by atoms with Crippen molar-refractivity contribution >= 4 is 33.5 Å². The van der Waals surface area contributed by atoms with E-state index in [-0.39, 0.29) is 0 Å². The lowest BCUT2D eigenvalue weighted by Crippen LogP contribution is -1.98. The van der Waals surface area contributed by atoms with Crippen molar-refractivity contribution in [1.29, 1.82) is 0 Å². The summed E-state index contributed by atoms with van der Waals surface area (Å²) in [6.45, 7) is 0.375. The van der Waals surface area contributed by atoms with Crippen LogP contribution in [0, 0.1) is 0 Å². The van der Waals surface area contributed by atoms with E-state index in [1.165, 1.54) is 0 Å². The molecule has 0 saturated heterocycles. The number of hydrogen-bond donors (Lipinski definition) is 1. The Morgan fingerprint density at radius 1 is 0.909 bits per heavy atom. The van der Waals surface area contributed by atoms with Gasteiger partial charge in [0.2, 0.25) is 0 Å². The van der Waals surface area contributed by atoms with Crippen LogP contribution in [0.3, 0.4) is 0 Å². The fourth-order valence-corrected chi connectivity index (χ4v) is 3.94. The number of H-pyrrole nitrogens is 1. The normalized spacial score (nSPS) is 11.3. The number of benzene rings is 3. The number of tetrazole rings is 1. The van der Waals surface area contributed by atoms with E-state index in [0.29, 0.717) is 23.2 Å². The monoisotopic (exact) mass is 453 g/mol. The van der Waals surface area contributed by atoms with Crippen LogP contribution in [0.2, 0.25) is 5.02 Å². The lowest BCUT2D eigenvalue weighted by atomic mass is 10.1. The second-order valence-electron chi connectivity index (χ2n) is 7.54. The molecule has 0 radical (unpaired) electrons. The number of halogens is 1. The lowest BCUT2D eigenvalue weighted by molar-refractivity contribution is 0.307. The number of rotatable bonds is 5. The van der Waals surface area contributed by atoms with E-state index >= 15 is 0 Å². The van der Waals surface area contributed by atoms with Gasteiger partial charge in [0, 0.05) is 26.9 Å². The van der Waals surface area contributed by atoms with E-state index < -0.39 is 0 Å². The molecule has 6 rings (SSSR count). The summed E-state index contributed by atoms with van der Waals surface area (Å²) in [5, 5.41) is 16.7. The summed E-state index contributed by atoms with van der Waals surface area (Å²) in [5.74, 6) is 2.03. The number of furan rings is 1. The molecule has 6 aromatic rings. The standard InChI is InChI=1S/C25H16ClN5O2/c26-18-7-5-15-6-9-21(27-22(15)13-18)24-12-17-11-19(8-10-23(17)33-24)32-14-16-3-1-2-4-20(16)25-28-30-31-29-25/h1-13H,14H2,(H,28,29,30,31). The molecule has 0 amide bonds. The van der Waals surface area contributed by atoms with E-state index in [2.05, 4.69) is 20.6 Å². The molecule has 1 N–H and O–H groups in total. The van der Waals surface area contributed by atoms with Gasteiger partial charge in [0.15, 0.2) is 11.6 Å². The maximum Gasteiger partial charge on any atom is 0.179 e. The number of ether oxygens (including phenoxy) is 1. The summed E-state index contributed by atoms with van der Waals surface area (Å²) in [6.07, 6.45) is 0. The van der Waals surface area contributed by atoms with Crippen LogP contribution in [-0.4, -0.2) is 25.6 Å². The van der Waals surface area contributed by atoms with Gasteiger partial charge in [0.05, 0.1) is 5.52 Å². The molecule has 3 heterocycles. The zero-order valence-electron chi connectivity index (χ0n) is 17.2. The van der Waals surface area contributed by atoms with Crippen molar-refractivity contribution < 1.29 is 9.15 Å². The molecule has 0 aliphatic rings. The molecule has 0 atom stereocenters. The van der Waals surface area contributed by atoms with Crippen LogP contribution >= 0.6 is 11.6 Å². The van der Waals surface area contributed by atoms with E-state index in [0.717, 1.165) is 44.4 Å². The first-order valence-corrected chi connectivity index (χ1v) is 10.7. The molecule has 0 saturated carbocycles. The van der Waals surface area contributed by atoms with Crippen molar-refractivity contribution in [2.75, 3.05) is 0 Å². The number of nitrogens with one attached hydrogen (secondary N) is 1. The molecule has 8 heteroatoms. The summed E-state index contributed by atoms with van der Waals surface area (Å²) < 4.78 is 12.1. The van der Waals surface area contributed by atoms with E-state index in [9.17, 15) is 0 Å². The summed E-state index contributed by atoms with van der Waals surface area (Å²) >= 11 is 6.12. The quantitative estimate of drug-likeness (QED) is 0.341. The fraction of sp³-hybridized carbons (Fsp3) is 0.0400. The molecule has 3 aromatic carbocycles. The Bertz CT molecular complexity index is 1590. The van der Waals surface area contributed by atoms with Gasteiger partial charge in [-0.2, -0.15) is 0 Å². The highest BCUT2D eigenvalue weighted by atomic mass is 35.5. The van der Waals surface area contributed by atoms with Crippen LogP contribution in [0.1, 0.15) is 5.56 Å². The second kappa shape index (κ2) is 8.03. The predicted octanol–water partition coefficient (Wildman–Crippen LogP) is 6.06. The van der Waals surface area contributed by atoms with Crippen molar-refractivity contribution in [1.82, 2.24) is 25.6 Å². The fourth-order valence-electron chi connectivity index (χ4n) is 3.78. The van der Waals surface area contributed by atoms with Crippen LogP contribution in [0.25, 0.3) is 44.7 Å². The van der Waals surface area contributed by atoms with Gasteiger partial charge < -0.3 is 9.15 Å². The number of aromatic nitrogens is 5. The number of hydrogen-bond acceptors (Lipinski definition) is 6. The molecule has 0 bridgehead atoms. The average molecular weight is 454 g/mol. The molecule has 0 aliphatic carbocycles. The van der Waals surface area contributed by atoms with Gasteiger partial charge in [-0.1, -0.05) is 48.0 Å². The highest BCUT2D eigenvalue weighted by Crippen LogP contribution is 2.31. The molecule has 0 aliphatic heterocycles. The highest BCUT2D eigenvalue weighted by Gasteiger charge is 2.12. The summed E-state index contributed by atoms with van der Waals surface area (Å²) in [4.78, 5) is 4.71. The van der Waals surface area contributed by atoms with E-state index in [1.54, 1.807) is 0 Å². The second-order valence-corrected chi connectivity index (χ2v) is 7.98. The maximum absolute atomic E-state index is 6.12. The van der Waals surface area contributed by atoms with E-state index in [1.807, 2.05) is 78.9 Å². The molecule has 7 nitrogen and oxygen atoms in total. The Balaban J connectivity index is 1.27. The SMILES string of the molecule is Clc1ccc2ccc(-c3cc4cc(OCc5ccccc5-c5nnn[nH]5)ccc4o3)nc2c1. The molecule has 0 unspecified atom stereocenters. The Morgan fingerprint density at radius 2 is 1.82 bits per heavy atom. The minimum absolute atomic E-state index is 0.375. The number of fused-ring (bicyclic) bond motifs is 2. The minimum Gasteiger partial charge on any atom is -0.489 e. The zero-order valence-corrected chi connectivity index (χ0v) is 18.0. The molecule has 3 aromatic heterocycles. The van der Waals surface area contributed by atoms with Gasteiger partial charge in [-0.15, -0.1) is 5.10 Å². The predicted molar refractivity (Wildman–Crippen MR) is 126 cm³/mol. The topological polar surface area (TPSA) is 89.7 Å². The van der Waals surface area contributed by atoms with Crippen molar-refractivity contribution in [3.05, 3.63) is 89.4 Å². The van der Waals surface area contributed by atoms with Crippen molar-refractivity contribution in [2.45, 2.75) is 6.61 Å². The van der Waals surface area contributed by atoms with Gasteiger partial charge >= 0.3 is 0 Å². The van der Waals surface area contributed by atoms with Crippen LogP contribution in [0.15, 0.2) is 83.3 Å². The van der Waals surface area contributed by atoms with Crippen LogP contribution < -0.4 is 4.74 Å². The first kappa shape index (κ1) is 19.5. The Kier molecular flexibility index (Phi) is 4.74.